The van der Waals surface area contributed by atoms with Gasteiger partial charge in [0, 0.05) is 42.0 Å². The highest BCUT2D eigenvalue weighted by Crippen LogP contribution is 2.27. The van der Waals surface area contributed by atoms with E-state index in [9.17, 15) is 4.79 Å². The third-order valence-electron chi connectivity index (χ3n) is 5.50. The van der Waals surface area contributed by atoms with Gasteiger partial charge in [-0.2, -0.15) is 0 Å². The van der Waals surface area contributed by atoms with Crippen LogP contribution in [0.4, 0.5) is 0 Å². The Morgan fingerprint density at radius 2 is 2.06 bits per heavy atom. The third-order valence-corrected chi connectivity index (χ3v) is 5.50. The average Bonchev–Trinajstić information content (AvgIpc) is 3.20. The van der Waals surface area contributed by atoms with Crippen LogP contribution in [0.5, 0.6) is 5.88 Å². The largest absolute Gasteiger partial charge is 0.473 e. The van der Waals surface area contributed by atoms with Crippen molar-refractivity contribution in [2.24, 2.45) is 5.73 Å². The smallest absolute Gasteiger partial charge is 0.254 e. The van der Waals surface area contributed by atoms with Crippen molar-refractivity contribution in [1.82, 2.24) is 24.8 Å². The molecule has 0 saturated carbocycles. The van der Waals surface area contributed by atoms with Gasteiger partial charge in [0.2, 0.25) is 5.88 Å². The van der Waals surface area contributed by atoms with Gasteiger partial charge in [-0.3, -0.25) is 4.79 Å². The number of aromatic amines is 1. The van der Waals surface area contributed by atoms with Crippen molar-refractivity contribution in [2.75, 3.05) is 6.54 Å². The van der Waals surface area contributed by atoms with E-state index in [-0.39, 0.29) is 18.3 Å². The van der Waals surface area contributed by atoms with E-state index in [1.54, 1.807) is 12.3 Å². The standard InChI is InChI=1S/C23H22N6O2.ClH/c24-11-17-10-21(27-14-26-17)31-13-15-3-1-4-16(9-15)23(30)29-8-6-18-19-5-2-7-25-22(19)28-20(18)12-29;/h1-5,7,9-10,14H,6,8,11-13,24H2,(H,25,28);1H. The second kappa shape index (κ2) is 9.33. The number of hydrogen-bond donors (Lipinski definition) is 2. The summed E-state index contributed by atoms with van der Waals surface area (Å²) in [7, 11) is 0. The number of amides is 1. The molecule has 164 valence electrons. The number of fused-ring (bicyclic) bond motifs is 3. The molecule has 0 fully saturated rings. The Kier molecular flexibility index (Phi) is 6.34. The maximum absolute atomic E-state index is 13.2. The number of hydrogen-bond acceptors (Lipinski definition) is 6. The van der Waals surface area contributed by atoms with Gasteiger partial charge in [0.1, 0.15) is 18.6 Å². The van der Waals surface area contributed by atoms with E-state index in [0.29, 0.717) is 43.4 Å². The maximum Gasteiger partial charge on any atom is 0.254 e. The number of carbonyl (C=O) groups is 1. The van der Waals surface area contributed by atoms with Crippen molar-refractivity contribution in [3.63, 3.8) is 0 Å². The van der Waals surface area contributed by atoms with Gasteiger partial charge in [-0.25, -0.2) is 15.0 Å². The molecule has 4 heterocycles. The summed E-state index contributed by atoms with van der Waals surface area (Å²) in [5, 5.41) is 1.14. The van der Waals surface area contributed by atoms with Crippen LogP contribution in [-0.2, 0) is 26.1 Å². The van der Waals surface area contributed by atoms with Crippen molar-refractivity contribution in [3.8, 4) is 5.88 Å². The van der Waals surface area contributed by atoms with Crippen molar-refractivity contribution in [1.29, 1.82) is 0 Å². The lowest BCUT2D eigenvalue weighted by Gasteiger charge is -2.27. The van der Waals surface area contributed by atoms with E-state index in [2.05, 4.69) is 26.0 Å². The molecule has 1 aromatic carbocycles. The number of nitrogens with one attached hydrogen (secondary N) is 1. The quantitative estimate of drug-likeness (QED) is 0.483. The summed E-state index contributed by atoms with van der Waals surface area (Å²) in [5.74, 6) is 0.467. The number of benzene rings is 1. The molecule has 32 heavy (non-hydrogen) atoms. The van der Waals surface area contributed by atoms with Gasteiger partial charge >= 0.3 is 0 Å². The SMILES string of the molecule is Cl.NCc1cc(OCc2cccc(C(=O)N3CCc4c([nH]c5ncccc45)C3)c2)ncn1. The molecule has 8 nitrogen and oxygen atoms in total. The summed E-state index contributed by atoms with van der Waals surface area (Å²) in [6.07, 6.45) is 4.02. The van der Waals surface area contributed by atoms with Crippen molar-refractivity contribution in [2.45, 2.75) is 26.1 Å². The number of pyridine rings is 1. The van der Waals surface area contributed by atoms with Crippen LogP contribution in [0.1, 0.15) is 32.9 Å². The molecular formula is C23H23ClN6O2. The van der Waals surface area contributed by atoms with Crippen LogP contribution in [-0.4, -0.2) is 37.3 Å². The summed E-state index contributed by atoms with van der Waals surface area (Å²) in [6.45, 7) is 1.86. The summed E-state index contributed by atoms with van der Waals surface area (Å²) in [4.78, 5) is 30.9. The minimum Gasteiger partial charge on any atom is -0.473 e. The predicted molar refractivity (Wildman–Crippen MR) is 122 cm³/mol. The van der Waals surface area contributed by atoms with Crippen LogP contribution in [0.3, 0.4) is 0 Å². The molecule has 0 bridgehead atoms. The zero-order valence-electron chi connectivity index (χ0n) is 17.3. The van der Waals surface area contributed by atoms with Gasteiger partial charge in [0.05, 0.1) is 12.2 Å². The first-order valence-corrected chi connectivity index (χ1v) is 10.2. The molecular weight excluding hydrogens is 428 g/mol. The van der Waals surface area contributed by atoms with E-state index in [1.165, 1.54) is 11.9 Å². The zero-order chi connectivity index (χ0) is 21.2. The number of aromatic nitrogens is 4. The lowest BCUT2D eigenvalue weighted by atomic mass is 10.0. The summed E-state index contributed by atoms with van der Waals surface area (Å²) in [5.41, 5.74) is 11.1. The number of H-pyrrole nitrogens is 1. The number of rotatable bonds is 5. The number of carbonyl (C=O) groups excluding carboxylic acids is 1. The molecule has 0 saturated heterocycles. The number of nitrogens with two attached hydrogens (primary N) is 1. The first kappa shape index (κ1) is 21.7. The normalized spacial score (nSPS) is 12.8. The van der Waals surface area contributed by atoms with Crippen molar-refractivity contribution < 1.29 is 9.53 Å². The molecule has 3 N–H and O–H groups in total. The molecule has 3 aromatic heterocycles. The van der Waals surface area contributed by atoms with E-state index in [1.807, 2.05) is 35.2 Å². The van der Waals surface area contributed by atoms with Crippen LogP contribution in [0.25, 0.3) is 11.0 Å². The second-order valence-electron chi connectivity index (χ2n) is 7.50. The van der Waals surface area contributed by atoms with E-state index in [0.717, 1.165) is 28.7 Å². The predicted octanol–water partition coefficient (Wildman–Crippen LogP) is 3.01. The molecule has 0 atom stereocenters. The fourth-order valence-corrected chi connectivity index (χ4v) is 3.94. The van der Waals surface area contributed by atoms with Gasteiger partial charge in [-0.1, -0.05) is 12.1 Å². The first-order valence-electron chi connectivity index (χ1n) is 10.2. The van der Waals surface area contributed by atoms with Crippen LogP contribution in [0, 0.1) is 0 Å². The highest BCUT2D eigenvalue weighted by atomic mass is 35.5. The van der Waals surface area contributed by atoms with E-state index in [4.69, 9.17) is 10.5 Å². The maximum atomic E-state index is 13.2. The van der Waals surface area contributed by atoms with Gasteiger partial charge in [-0.15, -0.1) is 12.4 Å². The third kappa shape index (κ3) is 4.28. The first-order chi connectivity index (χ1) is 15.2. The monoisotopic (exact) mass is 450 g/mol. The Labute approximate surface area is 191 Å². The number of nitrogens with zero attached hydrogens (tertiary/aromatic N) is 4. The fourth-order valence-electron chi connectivity index (χ4n) is 3.94. The van der Waals surface area contributed by atoms with Crippen molar-refractivity contribution >= 4 is 29.3 Å². The lowest BCUT2D eigenvalue weighted by molar-refractivity contribution is 0.0733. The Morgan fingerprint density at radius 1 is 1.16 bits per heavy atom. The Bertz CT molecular complexity index is 1260. The van der Waals surface area contributed by atoms with Gasteiger partial charge < -0.3 is 20.4 Å². The minimum absolute atomic E-state index is 0. The highest BCUT2D eigenvalue weighted by molar-refractivity contribution is 5.95. The molecule has 0 unspecified atom stereocenters. The average molecular weight is 451 g/mol. The molecule has 1 aliphatic rings. The molecule has 0 aliphatic carbocycles. The Hall–Kier alpha value is -3.49. The molecule has 4 aromatic rings. The van der Waals surface area contributed by atoms with Crippen molar-refractivity contribution in [3.05, 3.63) is 83.1 Å². The Morgan fingerprint density at radius 3 is 2.94 bits per heavy atom. The summed E-state index contributed by atoms with van der Waals surface area (Å²) >= 11 is 0. The number of halogens is 1. The Balaban J connectivity index is 0.00000245. The second-order valence-corrected chi connectivity index (χ2v) is 7.50. The van der Waals surface area contributed by atoms with Crippen LogP contribution >= 0.6 is 12.4 Å². The fraction of sp³-hybridized carbons (Fsp3) is 0.217. The van der Waals surface area contributed by atoms with Gasteiger partial charge in [0.15, 0.2) is 0 Å². The lowest BCUT2D eigenvalue weighted by Crippen LogP contribution is -2.35. The highest BCUT2D eigenvalue weighted by Gasteiger charge is 2.25. The molecule has 5 rings (SSSR count). The van der Waals surface area contributed by atoms with Crippen LogP contribution in [0.2, 0.25) is 0 Å². The molecule has 0 radical (unpaired) electrons. The molecule has 0 spiro atoms. The van der Waals surface area contributed by atoms with E-state index >= 15 is 0 Å². The summed E-state index contributed by atoms with van der Waals surface area (Å²) < 4.78 is 5.75. The van der Waals surface area contributed by atoms with Gasteiger partial charge in [-0.05, 0) is 41.8 Å². The van der Waals surface area contributed by atoms with Gasteiger partial charge in [0.25, 0.3) is 5.91 Å². The molecule has 1 aliphatic heterocycles. The minimum atomic E-state index is 0. The topological polar surface area (TPSA) is 110 Å². The molecule has 9 heteroatoms. The van der Waals surface area contributed by atoms with E-state index < -0.39 is 0 Å². The molecule has 1 amide bonds. The summed E-state index contributed by atoms with van der Waals surface area (Å²) in [6, 6.07) is 13.3. The van der Waals surface area contributed by atoms with Crippen LogP contribution in [0.15, 0.2) is 55.0 Å². The van der Waals surface area contributed by atoms with Crippen LogP contribution < -0.4 is 10.5 Å². The zero-order valence-corrected chi connectivity index (χ0v) is 18.1. The number of ether oxygens (including phenoxy) is 1.